The predicted octanol–water partition coefficient (Wildman–Crippen LogP) is 3.11. The van der Waals surface area contributed by atoms with Gasteiger partial charge in [-0.3, -0.25) is 14.4 Å². The average molecular weight is 342 g/mol. The first-order valence-electron chi connectivity index (χ1n) is 9.51. The van der Waals surface area contributed by atoms with Crippen LogP contribution in [0, 0.1) is 6.92 Å². The van der Waals surface area contributed by atoms with Gasteiger partial charge in [-0.15, -0.1) is 0 Å². The molecule has 2 unspecified atom stereocenters. The lowest BCUT2D eigenvalue weighted by molar-refractivity contribution is -0.121. The zero-order chi connectivity index (χ0) is 17.8. The number of amides is 1. The molecule has 2 atom stereocenters. The first kappa shape index (κ1) is 17.9. The Morgan fingerprint density at radius 3 is 2.72 bits per heavy atom. The van der Waals surface area contributed by atoms with E-state index >= 15 is 0 Å². The summed E-state index contributed by atoms with van der Waals surface area (Å²) in [6.07, 6.45) is 4.93. The molecule has 0 aliphatic carbocycles. The minimum atomic E-state index is 0.0352. The summed E-state index contributed by atoms with van der Waals surface area (Å²) in [5.41, 5.74) is 1.99. The van der Waals surface area contributed by atoms with Crippen LogP contribution in [0.4, 0.5) is 0 Å². The van der Waals surface area contributed by atoms with E-state index in [1.54, 1.807) is 4.68 Å². The van der Waals surface area contributed by atoms with Gasteiger partial charge >= 0.3 is 0 Å². The van der Waals surface area contributed by atoms with Crippen LogP contribution in [0.3, 0.4) is 0 Å². The van der Waals surface area contributed by atoms with Crippen molar-refractivity contribution in [2.45, 2.75) is 65.1 Å². The highest BCUT2D eigenvalue weighted by atomic mass is 16.2. The van der Waals surface area contributed by atoms with Crippen LogP contribution in [0.15, 0.2) is 24.3 Å². The van der Waals surface area contributed by atoms with E-state index in [-0.39, 0.29) is 12.5 Å². The summed E-state index contributed by atoms with van der Waals surface area (Å²) in [4.78, 5) is 14.8. The van der Waals surface area contributed by atoms with Gasteiger partial charge in [0.1, 0.15) is 6.54 Å². The monoisotopic (exact) mass is 342 g/mol. The molecule has 25 heavy (non-hydrogen) atoms. The number of likely N-dealkylation sites (tertiary alicyclic amines) is 1. The van der Waals surface area contributed by atoms with Crippen molar-refractivity contribution in [1.82, 2.24) is 20.0 Å². The number of aromatic nitrogens is 2. The zero-order valence-electron chi connectivity index (χ0n) is 15.7. The molecule has 1 aliphatic rings. The molecule has 0 bridgehead atoms. The lowest BCUT2D eigenvalue weighted by atomic mass is 9.97. The molecule has 1 aliphatic heterocycles. The predicted molar refractivity (Wildman–Crippen MR) is 102 cm³/mol. The third kappa shape index (κ3) is 4.21. The van der Waals surface area contributed by atoms with Crippen molar-refractivity contribution in [1.29, 1.82) is 0 Å². The maximum Gasteiger partial charge on any atom is 0.241 e. The van der Waals surface area contributed by atoms with E-state index in [4.69, 9.17) is 0 Å². The average Bonchev–Trinajstić information content (AvgIpc) is 2.90. The van der Waals surface area contributed by atoms with Gasteiger partial charge in [0.15, 0.2) is 0 Å². The maximum absolute atomic E-state index is 12.3. The number of fused-ring (bicyclic) bond motifs is 1. The number of benzene rings is 1. The molecule has 1 aromatic heterocycles. The highest BCUT2D eigenvalue weighted by molar-refractivity contribution is 5.84. The van der Waals surface area contributed by atoms with Gasteiger partial charge in [0.2, 0.25) is 5.91 Å². The normalized spacial score (nSPS) is 21.6. The van der Waals surface area contributed by atoms with Crippen molar-refractivity contribution >= 4 is 16.8 Å². The van der Waals surface area contributed by atoms with Crippen LogP contribution in [0.25, 0.3) is 10.9 Å². The van der Waals surface area contributed by atoms with Crippen LogP contribution in [-0.2, 0) is 11.3 Å². The molecule has 0 spiro atoms. The second-order valence-corrected chi connectivity index (χ2v) is 7.33. The van der Waals surface area contributed by atoms with Gasteiger partial charge in [0.05, 0.1) is 11.2 Å². The molecule has 1 N–H and O–H groups in total. The molecule has 5 heteroatoms. The fourth-order valence-electron chi connectivity index (χ4n) is 4.01. The van der Waals surface area contributed by atoms with Crippen LogP contribution in [0.5, 0.6) is 0 Å². The summed E-state index contributed by atoms with van der Waals surface area (Å²) in [6, 6.07) is 9.38. The zero-order valence-corrected chi connectivity index (χ0v) is 15.7. The van der Waals surface area contributed by atoms with E-state index in [0.717, 1.165) is 36.1 Å². The van der Waals surface area contributed by atoms with Crippen LogP contribution >= 0.6 is 0 Å². The summed E-state index contributed by atoms with van der Waals surface area (Å²) in [6.45, 7) is 8.70. The lowest BCUT2D eigenvalue weighted by Crippen LogP contribution is -2.44. The van der Waals surface area contributed by atoms with Gasteiger partial charge in [-0.2, -0.15) is 5.10 Å². The number of piperidine rings is 1. The molecule has 1 fully saturated rings. The number of rotatable bonds is 6. The Morgan fingerprint density at radius 1 is 1.24 bits per heavy atom. The molecule has 2 heterocycles. The van der Waals surface area contributed by atoms with E-state index in [0.29, 0.717) is 12.1 Å². The number of hydrogen-bond acceptors (Lipinski definition) is 3. The number of carbonyl (C=O) groups excluding carboxylic acids is 1. The Kier molecular flexibility index (Phi) is 5.74. The molecule has 1 amide bonds. The van der Waals surface area contributed by atoms with E-state index < -0.39 is 0 Å². The highest BCUT2D eigenvalue weighted by Crippen LogP contribution is 2.22. The molecule has 0 saturated carbocycles. The first-order chi connectivity index (χ1) is 12.1. The van der Waals surface area contributed by atoms with Crippen molar-refractivity contribution in [2.75, 3.05) is 13.1 Å². The Bertz CT molecular complexity index is 714. The fourth-order valence-corrected chi connectivity index (χ4v) is 4.01. The second kappa shape index (κ2) is 8.00. The Morgan fingerprint density at radius 2 is 1.96 bits per heavy atom. The maximum atomic E-state index is 12.3. The van der Waals surface area contributed by atoms with Gasteiger partial charge in [0.25, 0.3) is 0 Å². The van der Waals surface area contributed by atoms with Crippen LogP contribution in [-0.4, -0.2) is 45.8 Å². The number of hydrogen-bond donors (Lipinski definition) is 1. The van der Waals surface area contributed by atoms with Crippen molar-refractivity contribution in [3.05, 3.63) is 30.0 Å². The molecule has 1 aromatic carbocycles. The SMILES string of the molecule is Cc1nn(CC(=O)NCCCN2C(C)CCCC2C)c2ccccc12. The number of para-hydroxylation sites is 1. The van der Waals surface area contributed by atoms with Gasteiger partial charge in [-0.25, -0.2) is 0 Å². The van der Waals surface area contributed by atoms with Gasteiger partial charge in [-0.05, 0) is 46.1 Å². The standard InChI is InChI=1S/C20H30N4O/c1-15-8-6-9-16(2)23(15)13-7-12-21-20(25)14-24-19-11-5-4-10-18(19)17(3)22-24/h4-5,10-11,15-16H,6-9,12-14H2,1-3H3,(H,21,25). The molecule has 5 nitrogen and oxygen atoms in total. The van der Waals surface area contributed by atoms with Crippen molar-refractivity contribution in [2.24, 2.45) is 0 Å². The van der Waals surface area contributed by atoms with Gasteiger partial charge in [-0.1, -0.05) is 24.6 Å². The quantitative estimate of drug-likeness (QED) is 0.821. The minimum absolute atomic E-state index is 0.0352. The number of carbonyl (C=O) groups is 1. The molecular formula is C20H30N4O. The van der Waals surface area contributed by atoms with Crippen molar-refractivity contribution < 1.29 is 4.79 Å². The van der Waals surface area contributed by atoms with Crippen LogP contribution in [0.1, 0.15) is 45.2 Å². The topological polar surface area (TPSA) is 50.2 Å². The summed E-state index contributed by atoms with van der Waals surface area (Å²) >= 11 is 0. The Balaban J connectivity index is 1.46. The molecule has 0 radical (unpaired) electrons. The highest BCUT2D eigenvalue weighted by Gasteiger charge is 2.23. The summed E-state index contributed by atoms with van der Waals surface area (Å²) in [5, 5.41) is 8.66. The Labute approximate surface area is 150 Å². The van der Waals surface area contributed by atoms with Crippen molar-refractivity contribution in [3.8, 4) is 0 Å². The summed E-state index contributed by atoms with van der Waals surface area (Å²) in [7, 11) is 0. The van der Waals surface area contributed by atoms with Gasteiger partial charge < -0.3 is 5.32 Å². The molecule has 1 saturated heterocycles. The third-order valence-electron chi connectivity index (χ3n) is 5.43. The second-order valence-electron chi connectivity index (χ2n) is 7.33. The number of nitrogens with one attached hydrogen (secondary N) is 1. The van der Waals surface area contributed by atoms with E-state index in [9.17, 15) is 4.79 Å². The summed E-state index contributed by atoms with van der Waals surface area (Å²) < 4.78 is 1.80. The van der Waals surface area contributed by atoms with Gasteiger partial charge in [0, 0.05) is 30.6 Å². The minimum Gasteiger partial charge on any atom is -0.354 e. The molecular weight excluding hydrogens is 312 g/mol. The van der Waals surface area contributed by atoms with Crippen LogP contribution < -0.4 is 5.32 Å². The first-order valence-corrected chi connectivity index (χ1v) is 9.51. The molecule has 2 aromatic rings. The third-order valence-corrected chi connectivity index (χ3v) is 5.43. The van der Waals surface area contributed by atoms with E-state index in [1.165, 1.54) is 19.3 Å². The summed E-state index contributed by atoms with van der Waals surface area (Å²) in [5.74, 6) is 0.0352. The van der Waals surface area contributed by atoms with Crippen molar-refractivity contribution in [3.63, 3.8) is 0 Å². The smallest absolute Gasteiger partial charge is 0.241 e. The van der Waals surface area contributed by atoms with E-state index in [1.807, 2.05) is 31.2 Å². The fraction of sp³-hybridized carbons (Fsp3) is 0.600. The number of aryl methyl sites for hydroxylation is 1. The molecule has 136 valence electrons. The number of nitrogens with zero attached hydrogens (tertiary/aromatic N) is 3. The van der Waals surface area contributed by atoms with Crippen LogP contribution in [0.2, 0.25) is 0 Å². The molecule has 3 rings (SSSR count). The largest absolute Gasteiger partial charge is 0.354 e. The lowest BCUT2D eigenvalue weighted by Gasteiger charge is -2.39. The Hall–Kier alpha value is -1.88. The van der Waals surface area contributed by atoms with E-state index in [2.05, 4.69) is 29.2 Å².